The van der Waals surface area contributed by atoms with Crippen molar-refractivity contribution in [2.75, 3.05) is 32.8 Å². The molecular weight excluding hydrogens is 310 g/mol. The van der Waals surface area contributed by atoms with Crippen LogP contribution in [0.25, 0.3) is 0 Å². The molecule has 0 aliphatic rings. The van der Waals surface area contributed by atoms with Crippen molar-refractivity contribution in [3.63, 3.8) is 0 Å². The first-order valence-corrected chi connectivity index (χ1v) is 10.7. The van der Waals surface area contributed by atoms with E-state index in [1.807, 2.05) is 0 Å². The largest absolute Gasteiger partial charge is 0.456 e. The first-order chi connectivity index (χ1) is 12.0. The van der Waals surface area contributed by atoms with Gasteiger partial charge in [-0.3, -0.25) is 0 Å². The lowest BCUT2D eigenvalue weighted by Crippen LogP contribution is -2.50. The number of unbranched alkanes of at least 4 members (excludes halogenated alkanes) is 9. The molecule has 148 valence electrons. The molecule has 0 aromatic rings. The van der Waals surface area contributed by atoms with E-state index >= 15 is 0 Å². The second-order valence-electron chi connectivity index (χ2n) is 7.52. The number of ether oxygens (including phenoxy) is 1. The van der Waals surface area contributed by atoms with Gasteiger partial charge in [0, 0.05) is 5.57 Å². The van der Waals surface area contributed by atoms with Gasteiger partial charge in [0.1, 0.15) is 13.2 Å². The lowest BCUT2D eigenvalue weighted by atomic mass is 10.1. The van der Waals surface area contributed by atoms with Gasteiger partial charge >= 0.3 is 5.97 Å². The average molecular weight is 355 g/mol. The highest BCUT2D eigenvalue weighted by Crippen LogP contribution is 2.14. The number of carbonyl (C=O) groups excluding carboxylic acids is 1. The summed E-state index contributed by atoms with van der Waals surface area (Å²) in [7, 11) is 0. The molecule has 0 atom stereocenters. The topological polar surface area (TPSA) is 26.3 Å². The van der Waals surface area contributed by atoms with Crippen LogP contribution in [0.4, 0.5) is 0 Å². The van der Waals surface area contributed by atoms with E-state index in [4.69, 9.17) is 4.74 Å². The fourth-order valence-electron chi connectivity index (χ4n) is 3.36. The van der Waals surface area contributed by atoms with Crippen LogP contribution in [0.2, 0.25) is 0 Å². The summed E-state index contributed by atoms with van der Waals surface area (Å²) in [5.74, 6) is -0.260. The van der Waals surface area contributed by atoms with E-state index in [9.17, 15) is 4.79 Å². The Labute approximate surface area is 157 Å². The van der Waals surface area contributed by atoms with Crippen LogP contribution in [0.15, 0.2) is 12.2 Å². The van der Waals surface area contributed by atoms with Gasteiger partial charge < -0.3 is 9.22 Å². The molecule has 0 aromatic heterocycles. The predicted molar refractivity (Wildman–Crippen MR) is 109 cm³/mol. The molecule has 0 spiro atoms. The summed E-state index contributed by atoms with van der Waals surface area (Å²) in [6.07, 6.45) is 13.8. The minimum Gasteiger partial charge on any atom is -0.456 e. The zero-order valence-electron chi connectivity index (χ0n) is 17.6. The van der Waals surface area contributed by atoms with Crippen LogP contribution in [-0.2, 0) is 9.53 Å². The molecule has 25 heavy (non-hydrogen) atoms. The van der Waals surface area contributed by atoms with E-state index in [-0.39, 0.29) is 5.97 Å². The standard InChI is InChI=1S/C22H44NO2/c1-6-9-10-11-12-13-14-15-16-17-18-23(7-2,8-3)19-20-25-22(24)21(4)5/h4,6-20H2,1-3,5H3/q+1. The highest BCUT2D eigenvalue weighted by molar-refractivity contribution is 5.86. The van der Waals surface area contributed by atoms with Crippen molar-refractivity contribution in [1.29, 1.82) is 0 Å². The molecule has 3 heteroatoms. The molecule has 0 aliphatic heterocycles. The van der Waals surface area contributed by atoms with Crippen molar-refractivity contribution >= 4 is 5.97 Å². The fraction of sp³-hybridized carbons (Fsp3) is 0.864. The number of hydrogen-bond donors (Lipinski definition) is 0. The first-order valence-electron chi connectivity index (χ1n) is 10.7. The number of carbonyl (C=O) groups is 1. The maximum absolute atomic E-state index is 11.5. The Hall–Kier alpha value is -0.830. The summed E-state index contributed by atoms with van der Waals surface area (Å²) >= 11 is 0. The first kappa shape index (κ1) is 24.2. The Morgan fingerprint density at radius 2 is 1.28 bits per heavy atom. The molecule has 0 N–H and O–H groups in total. The Balaban J connectivity index is 3.84. The molecule has 0 fully saturated rings. The summed E-state index contributed by atoms with van der Waals surface area (Å²) in [6, 6.07) is 0. The minimum absolute atomic E-state index is 0.260. The van der Waals surface area contributed by atoms with Gasteiger partial charge in [0.2, 0.25) is 0 Å². The smallest absolute Gasteiger partial charge is 0.333 e. The molecule has 0 radical (unpaired) electrons. The van der Waals surface area contributed by atoms with Gasteiger partial charge in [-0.25, -0.2) is 4.79 Å². The van der Waals surface area contributed by atoms with Crippen molar-refractivity contribution in [2.45, 2.75) is 91.9 Å². The van der Waals surface area contributed by atoms with Crippen LogP contribution in [-0.4, -0.2) is 43.2 Å². The Morgan fingerprint density at radius 1 is 0.800 bits per heavy atom. The van der Waals surface area contributed by atoms with E-state index < -0.39 is 0 Å². The fourth-order valence-corrected chi connectivity index (χ4v) is 3.36. The van der Waals surface area contributed by atoms with Crippen LogP contribution in [0, 0.1) is 0 Å². The molecule has 0 unspecified atom stereocenters. The summed E-state index contributed by atoms with van der Waals surface area (Å²) in [5, 5.41) is 0. The van der Waals surface area contributed by atoms with Crippen LogP contribution in [0.3, 0.4) is 0 Å². The second kappa shape index (κ2) is 15.4. The number of esters is 1. The normalized spacial score (nSPS) is 11.5. The average Bonchev–Trinajstić information content (AvgIpc) is 2.61. The molecule has 0 rings (SSSR count). The number of nitrogens with zero attached hydrogens (tertiary/aromatic N) is 1. The Morgan fingerprint density at radius 3 is 1.72 bits per heavy atom. The third kappa shape index (κ3) is 12.2. The van der Waals surface area contributed by atoms with E-state index in [0.29, 0.717) is 12.2 Å². The zero-order valence-corrected chi connectivity index (χ0v) is 17.6. The maximum Gasteiger partial charge on any atom is 0.333 e. The molecule has 0 saturated heterocycles. The summed E-state index contributed by atoms with van der Waals surface area (Å²) in [4.78, 5) is 11.5. The minimum atomic E-state index is -0.260. The Kier molecular flexibility index (Phi) is 14.9. The molecule has 0 amide bonds. The van der Waals surface area contributed by atoms with E-state index in [1.54, 1.807) is 6.92 Å². The monoisotopic (exact) mass is 354 g/mol. The van der Waals surface area contributed by atoms with Crippen molar-refractivity contribution in [3.05, 3.63) is 12.2 Å². The van der Waals surface area contributed by atoms with Crippen molar-refractivity contribution in [2.24, 2.45) is 0 Å². The molecule has 0 aromatic carbocycles. The molecule has 0 heterocycles. The molecule has 3 nitrogen and oxygen atoms in total. The van der Waals surface area contributed by atoms with Gasteiger partial charge in [-0.15, -0.1) is 0 Å². The van der Waals surface area contributed by atoms with E-state index in [1.165, 1.54) is 70.8 Å². The zero-order chi connectivity index (χ0) is 19.0. The summed E-state index contributed by atoms with van der Waals surface area (Å²) in [6.45, 7) is 17.0. The predicted octanol–water partition coefficient (Wildman–Crippen LogP) is 5.88. The Bertz CT molecular complexity index is 348. The lowest BCUT2D eigenvalue weighted by molar-refractivity contribution is -0.925. The van der Waals surface area contributed by atoms with Crippen LogP contribution < -0.4 is 0 Å². The SMILES string of the molecule is C=C(C)C(=O)OCC[N+](CC)(CC)CCCCCCCCCCCC. The molecule has 0 aliphatic carbocycles. The number of hydrogen-bond acceptors (Lipinski definition) is 2. The highest BCUT2D eigenvalue weighted by atomic mass is 16.5. The molecular formula is C22H44NO2+. The van der Waals surface area contributed by atoms with Gasteiger partial charge in [0.25, 0.3) is 0 Å². The van der Waals surface area contributed by atoms with E-state index in [0.717, 1.165) is 24.1 Å². The van der Waals surface area contributed by atoms with Gasteiger partial charge in [-0.2, -0.15) is 0 Å². The van der Waals surface area contributed by atoms with Gasteiger partial charge in [0.05, 0.1) is 19.6 Å². The number of quaternary nitrogens is 1. The van der Waals surface area contributed by atoms with Gasteiger partial charge in [-0.05, 0) is 33.6 Å². The van der Waals surface area contributed by atoms with Gasteiger partial charge in [0.15, 0.2) is 0 Å². The molecule has 0 bridgehead atoms. The van der Waals surface area contributed by atoms with E-state index in [2.05, 4.69) is 27.4 Å². The quantitative estimate of drug-likeness (QED) is 0.141. The number of rotatable bonds is 17. The summed E-state index contributed by atoms with van der Waals surface area (Å²) < 4.78 is 6.36. The van der Waals surface area contributed by atoms with Crippen molar-refractivity contribution < 1.29 is 14.0 Å². The van der Waals surface area contributed by atoms with Crippen LogP contribution in [0.1, 0.15) is 91.9 Å². The third-order valence-corrected chi connectivity index (χ3v) is 5.47. The van der Waals surface area contributed by atoms with Crippen LogP contribution in [0.5, 0.6) is 0 Å². The molecule has 0 saturated carbocycles. The van der Waals surface area contributed by atoms with Crippen LogP contribution >= 0.6 is 0 Å². The summed E-state index contributed by atoms with van der Waals surface area (Å²) in [5.41, 5.74) is 0.487. The lowest BCUT2D eigenvalue weighted by Gasteiger charge is -2.36. The van der Waals surface area contributed by atoms with Crippen molar-refractivity contribution in [3.8, 4) is 0 Å². The highest BCUT2D eigenvalue weighted by Gasteiger charge is 2.23. The van der Waals surface area contributed by atoms with Gasteiger partial charge in [-0.1, -0.05) is 64.9 Å². The second-order valence-corrected chi connectivity index (χ2v) is 7.52. The number of likely N-dealkylation sites (N-methyl/N-ethyl adjacent to an activating group) is 1. The maximum atomic E-state index is 11.5. The third-order valence-electron chi connectivity index (χ3n) is 5.47. The van der Waals surface area contributed by atoms with Crippen molar-refractivity contribution in [1.82, 2.24) is 0 Å².